The Morgan fingerprint density at radius 1 is 1.26 bits per heavy atom. The number of carbonyl (C=O) groups excluding carboxylic acids is 1. The van der Waals surface area contributed by atoms with Crippen molar-refractivity contribution in [3.05, 3.63) is 57.5 Å². The number of rotatable bonds is 2. The molecule has 1 aliphatic heterocycles. The van der Waals surface area contributed by atoms with E-state index in [1.54, 1.807) is 11.8 Å². The summed E-state index contributed by atoms with van der Waals surface area (Å²) < 4.78 is 40.2. The minimum absolute atomic E-state index is 0.142. The number of alkyl halides is 3. The standard InChI is InChI=1S/C19H20F3N3O2/c1-12-5-4-8-24(11-12)18(27)17-16(26)9-13(2)25(23-17)15-7-3-6-14(10-15)19(20,21)22/h3,6-7,9-10,12H,4-5,8,11H2,1-2H3. The number of hydrogen-bond donors (Lipinski definition) is 0. The Kier molecular flexibility index (Phi) is 5.08. The van der Waals surface area contributed by atoms with Crippen LogP contribution in [0.5, 0.6) is 0 Å². The highest BCUT2D eigenvalue weighted by Gasteiger charge is 2.31. The van der Waals surface area contributed by atoms with Crippen molar-refractivity contribution in [1.29, 1.82) is 0 Å². The van der Waals surface area contributed by atoms with E-state index in [4.69, 9.17) is 0 Å². The van der Waals surface area contributed by atoms with Crippen LogP contribution in [0.1, 0.15) is 41.5 Å². The smallest absolute Gasteiger partial charge is 0.337 e. The van der Waals surface area contributed by atoms with Gasteiger partial charge >= 0.3 is 6.18 Å². The van der Waals surface area contributed by atoms with E-state index < -0.39 is 23.1 Å². The lowest BCUT2D eigenvalue weighted by Gasteiger charge is -2.30. The summed E-state index contributed by atoms with van der Waals surface area (Å²) in [7, 11) is 0. The highest BCUT2D eigenvalue weighted by atomic mass is 19.4. The fraction of sp³-hybridized carbons (Fsp3) is 0.421. The molecule has 1 aliphatic rings. The van der Waals surface area contributed by atoms with Crippen LogP contribution in [0, 0.1) is 12.8 Å². The average molecular weight is 379 g/mol. The Labute approximate surface area is 154 Å². The number of nitrogens with zero attached hydrogens (tertiary/aromatic N) is 3. The zero-order chi connectivity index (χ0) is 19.8. The molecule has 0 aliphatic carbocycles. The van der Waals surface area contributed by atoms with E-state index in [1.807, 2.05) is 6.92 Å². The summed E-state index contributed by atoms with van der Waals surface area (Å²) in [5, 5.41) is 4.11. The minimum Gasteiger partial charge on any atom is -0.337 e. The normalized spacial score (nSPS) is 17.8. The molecule has 1 aromatic carbocycles. The Bertz CT molecular complexity index is 921. The van der Waals surface area contributed by atoms with Crippen molar-refractivity contribution in [2.24, 2.45) is 5.92 Å². The number of halogens is 3. The number of piperidine rings is 1. The van der Waals surface area contributed by atoms with Gasteiger partial charge in [-0.25, -0.2) is 4.68 Å². The SMILES string of the molecule is Cc1cc(=O)c(C(=O)N2CCCC(C)C2)nn1-c1cccc(C(F)(F)F)c1. The molecular formula is C19H20F3N3O2. The Morgan fingerprint density at radius 2 is 2.00 bits per heavy atom. The van der Waals surface area contributed by atoms with Gasteiger partial charge in [-0.2, -0.15) is 18.3 Å². The van der Waals surface area contributed by atoms with Crippen LogP contribution in [0.2, 0.25) is 0 Å². The molecule has 0 bridgehead atoms. The largest absolute Gasteiger partial charge is 0.416 e. The monoisotopic (exact) mass is 379 g/mol. The molecule has 27 heavy (non-hydrogen) atoms. The summed E-state index contributed by atoms with van der Waals surface area (Å²) in [4.78, 5) is 26.7. The van der Waals surface area contributed by atoms with Crippen molar-refractivity contribution in [1.82, 2.24) is 14.7 Å². The van der Waals surface area contributed by atoms with E-state index in [2.05, 4.69) is 5.10 Å². The molecule has 0 saturated carbocycles. The molecule has 2 heterocycles. The van der Waals surface area contributed by atoms with E-state index >= 15 is 0 Å². The number of amides is 1. The second-order valence-corrected chi connectivity index (χ2v) is 6.96. The molecule has 1 fully saturated rings. The zero-order valence-electron chi connectivity index (χ0n) is 15.1. The van der Waals surface area contributed by atoms with Crippen LogP contribution in [-0.2, 0) is 6.18 Å². The summed E-state index contributed by atoms with van der Waals surface area (Å²) in [6.45, 7) is 4.67. The van der Waals surface area contributed by atoms with E-state index in [-0.39, 0.29) is 11.4 Å². The number of aryl methyl sites for hydroxylation is 1. The average Bonchev–Trinajstić information content (AvgIpc) is 2.61. The number of benzene rings is 1. The van der Waals surface area contributed by atoms with Gasteiger partial charge in [0.05, 0.1) is 11.3 Å². The van der Waals surface area contributed by atoms with Crippen molar-refractivity contribution in [3.8, 4) is 5.69 Å². The molecular weight excluding hydrogens is 359 g/mol. The maximum absolute atomic E-state index is 13.0. The summed E-state index contributed by atoms with van der Waals surface area (Å²) in [6.07, 6.45) is -2.63. The van der Waals surface area contributed by atoms with E-state index in [0.717, 1.165) is 25.0 Å². The first-order chi connectivity index (χ1) is 12.7. The predicted molar refractivity (Wildman–Crippen MR) is 93.9 cm³/mol. The van der Waals surface area contributed by atoms with Crippen molar-refractivity contribution in [3.63, 3.8) is 0 Å². The lowest BCUT2D eigenvalue weighted by atomic mass is 10.00. The van der Waals surface area contributed by atoms with Crippen LogP contribution >= 0.6 is 0 Å². The third kappa shape index (κ3) is 4.04. The number of aromatic nitrogens is 2. The maximum Gasteiger partial charge on any atom is 0.416 e. The van der Waals surface area contributed by atoms with Crippen molar-refractivity contribution in [2.45, 2.75) is 32.9 Å². The topological polar surface area (TPSA) is 55.2 Å². The highest BCUT2D eigenvalue weighted by Crippen LogP contribution is 2.30. The first kappa shape index (κ1) is 19.1. The van der Waals surface area contributed by atoms with Gasteiger partial charge in [0.2, 0.25) is 5.43 Å². The molecule has 8 heteroatoms. The Hall–Kier alpha value is -2.64. The molecule has 0 radical (unpaired) electrons. The Balaban J connectivity index is 2.02. The zero-order valence-corrected chi connectivity index (χ0v) is 15.1. The summed E-state index contributed by atoms with van der Waals surface area (Å²) in [6, 6.07) is 5.86. The van der Waals surface area contributed by atoms with Crippen LogP contribution in [0.25, 0.3) is 5.69 Å². The lowest BCUT2D eigenvalue weighted by molar-refractivity contribution is -0.137. The molecule has 1 aromatic heterocycles. The molecule has 1 amide bonds. The molecule has 5 nitrogen and oxygen atoms in total. The van der Waals surface area contributed by atoms with Gasteiger partial charge in [0.15, 0.2) is 5.69 Å². The summed E-state index contributed by atoms with van der Waals surface area (Å²) in [5.74, 6) is -0.147. The maximum atomic E-state index is 13.0. The number of hydrogen-bond acceptors (Lipinski definition) is 3. The minimum atomic E-state index is -4.49. The summed E-state index contributed by atoms with van der Waals surface area (Å²) >= 11 is 0. The molecule has 144 valence electrons. The first-order valence-electron chi connectivity index (χ1n) is 8.74. The van der Waals surface area contributed by atoms with Crippen molar-refractivity contribution in [2.75, 3.05) is 13.1 Å². The molecule has 2 aromatic rings. The second kappa shape index (κ2) is 7.17. The predicted octanol–water partition coefficient (Wildman–Crippen LogP) is 3.43. The van der Waals surface area contributed by atoms with Gasteiger partial charge in [0, 0.05) is 24.8 Å². The fourth-order valence-electron chi connectivity index (χ4n) is 3.29. The van der Waals surface area contributed by atoms with Gasteiger partial charge < -0.3 is 4.90 Å². The molecule has 3 rings (SSSR count). The van der Waals surface area contributed by atoms with Gasteiger partial charge in [-0.1, -0.05) is 13.0 Å². The summed E-state index contributed by atoms with van der Waals surface area (Å²) in [5.41, 5.74) is -1.13. The van der Waals surface area contributed by atoms with Crippen LogP contribution in [0.3, 0.4) is 0 Å². The van der Waals surface area contributed by atoms with Gasteiger partial charge in [-0.15, -0.1) is 0 Å². The molecule has 1 saturated heterocycles. The van der Waals surface area contributed by atoms with Crippen LogP contribution in [0.4, 0.5) is 13.2 Å². The van der Waals surface area contributed by atoms with E-state index in [1.165, 1.54) is 22.9 Å². The molecule has 0 N–H and O–H groups in total. The first-order valence-corrected chi connectivity index (χ1v) is 8.74. The number of likely N-dealkylation sites (tertiary alicyclic amines) is 1. The molecule has 1 atom stereocenters. The van der Waals surface area contributed by atoms with Gasteiger partial charge in [-0.05, 0) is 43.9 Å². The van der Waals surface area contributed by atoms with Crippen molar-refractivity contribution >= 4 is 5.91 Å². The third-order valence-electron chi connectivity index (χ3n) is 4.67. The Morgan fingerprint density at radius 3 is 2.67 bits per heavy atom. The van der Waals surface area contributed by atoms with Gasteiger partial charge in [-0.3, -0.25) is 9.59 Å². The van der Waals surface area contributed by atoms with Crippen molar-refractivity contribution < 1.29 is 18.0 Å². The highest BCUT2D eigenvalue weighted by molar-refractivity contribution is 5.92. The third-order valence-corrected chi connectivity index (χ3v) is 4.67. The lowest BCUT2D eigenvalue weighted by Crippen LogP contribution is -2.42. The number of carbonyl (C=O) groups is 1. The molecule has 0 spiro atoms. The fourth-order valence-corrected chi connectivity index (χ4v) is 3.29. The molecule has 1 unspecified atom stereocenters. The second-order valence-electron chi connectivity index (χ2n) is 6.96. The van der Waals surface area contributed by atoms with Gasteiger partial charge in [0.1, 0.15) is 0 Å². The van der Waals surface area contributed by atoms with Crippen LogP contribution in [-0.4, -0.2) is 33.7 Å². The van der Waals surface area contributed by atoms with Gasteiger partial charge in [0.25, 0.3) is 5.91 Å². The van der Waals surface area contributed by atoms with Crippen LogP contribution < -0.4 is 5.43 Å². The van der Waals surface area contributed by atoms with E-state index in [9.17, 15) is 22.8 Å². The quantitative estimate of drug-likeness (QED) is 0.803. The van der Waals surface area contributed by atoms with Crippen LogP contribution in [0.15, 0.2) is 35.1 Å². The van der Waals surface area contributed by atoms with E-state index in [0.29, 0.717) is 24.7 Å².